The van der Waals surface area contributed by atoms with E-state index in [0.717, 1.165) is 11.3 Å². The van der Waals surface area contributed by atoms with Gasteiger partial charge in [0.1, 0.15) is 0 Å². The third-order valence-electron chi connectivity index (χ3n) is 1.99. The molecule has 0 atom stereocenters. The molecule has 0 aromatic heterocycles. The van der Waals surface area contributed by atoms with E-state index in [-0.39, 0.29) is 5.78 Å². The highest BCUT2D eigenvalue weighted by Crippen LogP contribution is 2.05. The topological polar surface area (TPSA) is 29.1 Å². The lowest BCUT2D eigenvalue weighted by Crippen LogP contribution is -2.13. The molecule has 0 spiro atoms. The summed E-state index contributed by atoms with van der Waals surface area (Å²) < 4.78 is 0. The molecule has 0 bridgehead atoms. The first-order valence-electron chi connectivity index (χ1n) is 4.87. The molecule has 0 saturated heterocycles. The van der Waals surface area contributed by atoms with Crippen molar-refractivity contribution in [1.82, 2.24) is 5.32 Å². The number of allylic oxidation sites excluding steroid dienone is 2. The number of benzene rings is 1. The minimum Gasteiger partial charge on any atom is -0.384 e. The van der Waals surface area contributed by atoms with E-state index in [1.807, 2.05) is 30.3 Å². The summed E-state index contributed by atoms with van der Waals surface area (Å²) in [6.07, 6.45) is 1.41. The van der Waals surface area contributed by atoms with Gasteiger partial charge in [0.05, 0.1) is 0 Å². The van der Waals surface area contributed by atoms with Crippen LogP contribution in [0.3, 0.4) is 0 Å². The fraction of sp³-hybridized carbons (Fsp3) is 0.250. The Kier molecular flexibility index (Phi) is 5.36. The molecule has 1 rings (SSSR count). The van der Waals surface area contributed by atoms with E-state index in [2.05, 4.69) is 5.32 Å². The SMILES string of the molecule is C/C(=C/C(=O)C(Cl)Cl)NCc1ccccc1. The average molecular weight is 258 g/mol. The summed E-state index contributed by atoms with van der Waals surface area (Å²) >= 11 is 10.9. The van der Waals surface area contributed by atoms with Gasteiger partial charge in [-0.1, -0.05) is 53.5 Å². The van der Waals surface area contributed by atoms with Crippen molar-refractivity contribution in [3.63, 3.8) is 0 Å². The Morgan fingerprint density at radius 1 is 1.38 bits per heavy atom. The number of alkyl halides is 2. The van der Waals surface area contributed by atoms with E-state index in [9.17, 15) is 4.79 Å². The predicted octanol–water partition coefficient (Wildman–Crippen LogP) is 3.05. The van der Waals surface area contributed by atoms with Crippen LogP contribution in [-0.2, 0) is 11.3 Å². The van der Waals surface area contributed by atoms with Crippen molar-refractivity contribution >= 4 is 29.0 Å². The molecule has 1 N–H and O–H groups in total. The second-order valence-electron chi connectivity index (χ2n) is 3.37. The third kappa shape index (κ3) is 4.69. The first kappa shape index (κ1) is 13.1. The maximum absolute atomic E-state index is 11.2. The van der Waals surface area contributed by atoms with Crippen molar-refractivity contribution < 1.29 is 4.79 Å². The van der Waals surface area contributed by atoms with E-state index >= 15 is 0 Å². The second-order valence-corrected chi connectivity index (χ2v) is 4.47. The van der Waals surface area contributed by atoms with E-state index in [4.69, 9.17) is 23.2 Å². The van der Waals surface area contributed by atoms with Gasteiger partial charge in [-0.05, 0) is 12.5 Å². The quantitative estimate of drug-likeness (QED) is 0.649. The highest BCUT2D eigenvalue weighted by atomic mass is 35.5. The summed E-state index contributed by atoms with van der Waals surface area (Å²) in [7, 11) is 0. The predicted molar refractivity (Wildman–Crippen MR) is 67.5 cm³/mol. The van der Waals surface area contributed by atoms with Gasteiger partial charge in [-0.2, -0.15) is 0 Å². The minimum absolute atomic E-state index is 0.304. The Bertz CT molecular complexity index is 374. The number of halogens is 2. The summed E-state index contributed by atoms with van der Waals surface area (Å²) in [6, 6.07) is 9.91. The third-order valence-corrected chi connectivity index (χ3v) is 2.42. The van der Waals surface area contributed by atoms with Crippen LogP contribution in [0.4, 0.5) is 0 Å². The molecule has 0 heterocycles. The molecule has 0 aliphatic carbocycles. The number of carbonyl (C=O) groups excluding carboxylic acids is 1. The number of nitrogens with one attached hydrogen (secondary N) is 1. The summed E-state index contributed by atoms with van der Waals surface area (Å²) in [5, 5.41) is 3.11. The molecule has 0 aliphatic rings. The maximum Gasteiger partial charge on any atom is 0.190 e. The lowest BCUT2D eigenvalue weighted by atomic mass is 10.2. The van der Waals surface area contributed by atoms with Crippen LogP contribution >= 0.6 is 23.2 Å². The molecule has 0 unspecified atom stereocenters. The molecule has 0 fully saturated rings. The molecule has 0 amide bonds. The van der Waals surface area contributed by atoms with Gasteiger partial charge in [-0.25, -0.2) is 0 Å². The summed E-state index contributed by atoms with van der Waals surface area (Å²) in [6.45, 7) is 2.47. The number of carbonyl (C=O) groups is 1. The highest BCUT2D eigenvalue weighted by molar-refractivity contribution is 6.54. The first-order chi connectivity index (χ1) is 7.59. The van der Waals surface area contributed by atoms with Crippen LogP contribution in [-0.4, -0.2) is 10.6 Å². The van der Waals surface area contributed by atoms with Gasteiger partial charge >= 0.3 is 0 Å². The zero-order valence-corrected chi connectivity index (χ0v) is 10.4. The summed E-state index contributed by atoms with van der Waals surface area (Å²) in [5.74, 6) is -0.304. The fourth-order valence-corrected chi connectivity index (χ4v) is 1.29. The van der Waals surface area contributed by atoms with Crippen LogP contribution in [0.15, 0.2) is 42.1 Å². The molecule has 1 aromatic rings. The first-order valence-corrected chi connectivity index (χ1v) is 5.75. The molecule has 0 aliphatic heterocycles. The van der Waals surface area contributed by atoms with Crippen molar-refractivity contribution in [1.29, 1.82) is 0 Å². The van der Waals surface area contributed by atoms with Gasteiger partial charge in [0.25, 0.3) is 0 Å². The second kappa shape index (κ2) is 6.56. The molecule has 16 heavy (non-hydrogen) atoms. The Morgan fingerprint density at radius 2 is 2.00 bits per heavy atom. The zero-order chi connectivity index (χ0) is 12.0. The van der Waals surface area contributed by atoms with Gasteiger partial charge < -0.3 is 5.32 Å². The Balaban J connectivity index is 2.47. The molecular weight excluding hydrogens is 245 g/mol. The lowest BCUT2D eigenvalue weighted by molar-refractivity contribution is -0.113. The molecule has 1 aromatic carbocycles. The number of rotatable bonds is 5. The van der Waals surface area contributed by atoms with Gasteiger partial charge in [-0.15, -0.1) is 0 Å². The largest absolute Gasteiger partial charge is 0.384 e. The van der Waals surface area contributed by atoms with Gasteiger partial charge in [0.15, 0.2) is 10.6 Å². The Morgan fingerprint density at radius 3 is 2.56 bits per heavy atom. The monoisotopic (exact) mass is 257 g/mol. The number of ketones is 1. The lowest BCUT2D eigenvalue weighted by Gasteiger charge is -2.06. The van der Waals surface area contributed by atoms with Crippen LogP contribution in [0.5, 0.6) is 0 Å². The van der Waals surface area contributed by atoms with Crippen molar-refractivity contribution in [3.05, 3.63) is 47.7 Å². The number of hydrogen-bond donors (Lipinski definition) is 1. The van der Waals surface area contributed by atoms with Crippen LogP contribution in [0.2, 0.25) is 0 Å². The maximum atomic E-state index is 11.2. The molecule has 0 radical (unpaired) electrons. The van der Waals surface area contributed by atoms with Crippen LogP contribution in [0.1, 0.15) is 12.5 Å². The van der Waals surface area contributed by atoms with Crippen LogP contribution < -0.4 is 5.32 Å². The zero-order valence-electron chi connectivity index (χ0n) is 8.91. The van der Waals surface area contributed by atoms with E-state index in [0.29, 0.717) is 6.54 Å². The van der Waals surface area contributed by atoms with Crippen molar-refractivity contribution in [2.75, 3.05) is 0 Å². The molecular formula is C12H13Cl2NO. The molecule has 4 heteroatoms. The Hall–Kier alpha value is -0.990. The normalized spacial score (nSPS) is 11.6. The molecule has 0 saturated carbocycles. The fourth-order valence-electron chi connectivity index (χ4n) is 1.16. The average Bonchev–Trinajstić information content (AvgIpc) is 2.27. The Labute approximate surface area is 105 Å². The molecule has 86 valence electrons. The number of hydrogen-bond acceptors (Lipinski definition) is 2. The van der Waals surface area contributed by atoms with Crippen LogP contribution in [0, 0.1) is 0 Å². The van der Waals surface area contributed by atoms with Crippen LogP contribution in [0.25, 0.3) is 0 Å². The van der Waals surface area contributed by atoms with Gasteiger partial charge in [-0.3, -0.25) is 4.79 Å². The van der Waals surface area contributed by atoms with Gasteiger partial charge in [0, 0.05) is 18.3 Å². The van der Waals surface area contributed by atoms with Crippen molar-refractivity contribution in [2.45, 2.75) is 18.3 Å². The van der Waals surface area contributed by atoms with Gasteiger partial charge in [0.2, 0.25) is 0 Å². The standard InChI is InChI=1S/C12H13Cl2NO/c1-9(7-11(16)12(13)14)15-8-10-5-3-2-4-6-10/h2-7,12,15H,8H2,1H3/b9-7-. The minimum atomic E-state index is -0.992. The summed E-state index contributed by atoms with van der Waals surface area (Å²) in [5.41, 5.74) is 1.90. The van der Waals surface area contributed by atoms with E-state index in [1.54, 1.807) is 6.92 Å². The van der Waals surface area contributed by atoms with E-state index in [1.165, 1.54) is 6.08 Å². The van der Waals surface area contributed by atoms with Crippen molar-refractivity contribution in [2.24, 2.45) is 0 Å². The van der Waals surface area contributed by atoms with Crippen molar-refractivity contribution in [3.8, 4) is 0 Å². The van der Waals surface area contributed by atoms with E-state index < -0.39 is 4.84 Å². The summed E-state index contributed by atoms with van der Waals surface area (Å²) in [4.78, 5) is 10.2. The smallest absolute Gasteiger partial charge is 0.190 e. The highest BCUT2D eigenvalue weighted by Gasteiger charge is 2.08. The molecule has 2 nitrogen and oxygen atoms in total.